The molecule has 7 heteroatoms. The highest BCUT2D eigenvalue weighted by Gasteiger charge is 2.31. The number of para-hydroxylation sites is 2. The summed E-state index contributed by atoms with van der Waals surface area (Å²) in [5, 5.41) is 14.7. The van der Waals surface area contributed by atoms with Crippen LogP contribution in [0.15, 0.2) is 24.3 Å². The van der Waals surface area contributed by atoms with Gasteiger partial charge in [0.05, 0.1) is 24.0 Å². The molecule has 0 radical (unpaired) electrons. The molecule has 0 aromatic heterocycles. The number of fused-ring (bicyclic) bond motifs is 1. The van der Waals surface area contributed by atoms with Crippen LogP contribution in [0.1, 0.15) is 32.1 Å². The number of benzene rings is 1. The normalized spacial score (nSPS) is 27.3. The zero-order valence-corrected chi connectivity index (χ0v) is 14.9. The van der Waals surface area contributed by atoms with Crippen LogP contribution in [0.5, 0.6) is 0 Å². The lowest BCUT2D eigenvalue weighted by molar-refractivity contribution is -0.130. The molecular weight excluding hydrogens is 328 g/mol. The van der Waals surface area contributed by atoms with E-state index in [2.05, 4.69) is 45.6 Å². The molecule has 0 bridgehead atoms. The van der Waals surface area contributed by atoms with Crippen LogP contribution in [0.4, 0.5) is 11.4 Å². The van der Waals surface area contributed by atoms with Crippen molar-refractivity contribution in [2.75, 3.05) is 30.1 Å². The van der Waals surface area contributed by atoms with Gasteiger partial charge in [-0.25, -0.2) is 0 Å². The second-order valence-electron chi connectivity index (χ2n) is 7.50. The second kappa shape index (κ2) is 7.52. The molecule has 3 aliphatic rings. The number of nitrogens with one attached hydrogen (secondary N) is 3. The number of hydrazine groups is 2. The Kier molecular flexibility index (Phi) is 4.96. The van der Waals surface area contributed by atoms with E-state index in [9.17, 15) is 4.79 Å². The highest BCUT2D eigenvalue weighted by molar-refractivity contribution is 5.79. The van der Waals surface area contributed by atoms with Crippen molar-refractivity contribution in [3.8, 4) is 6.07 Å². The van der Waals surface area contributed by atoms with Crippen LogP contribution in [0, 0.1) is 17.2 Å². The number of likely N-dealkylation sites (tertiary alicyclic amines) is 1. The highest BCUT2D eigenvalue weighted by Crippen LogP contribution is 2.32. The predicted molar refractivity (Wildman–Crippen MR) is 100 cm³/mol. The monoisotopic (exact) mass is 354 g/mol. The summed E-state index contributed by atoms with van der Waals surface area (Å²) in [5.41, 5.74) is 8.74. The van der Waals surface area contributed by atoms with E-state index in [1.807, 2.05) is 6.07 Å². The molecule has 1 aliphatic carbocycles. The Morgan fingerprint density at radius 1 is 1.31 bits per heavy atom. The average Bonchev–Trinajstić information content (AvgIpc) is 3.40. The summed E-state index contributed by atoms with van der Waals surface area (Å²) in [7, 11) is 0. The SMILES string of the molecule is N#C[C@@H]1CCCN1C(=O)CN[C@@H]1CC[C@H](CN2NNc3ccccc32)C1. The molecule has 1 aromatic rings. The molecule has 0 unspecified atom stereocenters. The van der Waals surface area contributed by atoms with Crippen LogP contribution < -0.4 is 21.3 Å². The van der Waals surface area contributed by atoms with Crippen molar-refractivity contribution in [3.63, 3.8) is 0 Å². The molecule has 138 valence electrons. The maximum Gasteiger partial charge on any atom is 0.237 e. The first-order valence-electron chi connectivity index (χ1n) is 9.55. The van der Waals surface area contributed by atoms with Crippen molar-refractivity contribution in [2.24, 2.45) is 5.92 Å². The summed E-state index contributed by atoms with van der Waals surface area (Å²) in [4.78, 5) is 14.1. The Morgan fingerprint density at radius 2 is 2.19 bits per heavy atom. The van der Waals surface area contributed by atoms with Crippen LogP contribution in [0.2, 0.25) is 0 Å². The van der Waals surface area contributed by atoms with E-state index in [0.717, 1.165) is 50.9 Å². The lowest BCUT2D eigenvalue weighted by Gasteiger charge is -2.23. The van der Waals surface area contributed by atoms with Crippen LogP contribution >= 0.6 is 0 Å². The summed E-state index contributed by atoms with van der Waals surface area (Å²) in [6, 6.07) is 10.7. The zero-order chi connectivity index (χ0) is 17.9. The van der Waals surface area contributed by atoms with Crippen molar-refractivity contribution in [1.82, 2.24) is 15.8 Å². The number of hydrogen-bond donors (Lipinski definition) is 3. The van der Waals surface area contributed by atoms with Gasteiger partial charge in [0.2, 0.25) is 5.91 Å². The topological polar surface area (TPSA) is 83.4 Å². The second-order valence-corrected chi connectivity index (χ2v) is 7.50. The maximum absolute atomic E-state index is 12.4. The first-order chi connectivity index (χ1) is 12.7. The highest BCUT2D eigenvalue weighted by atomic mass is 16.2. The average molecular weight is 354 g/mol. The Morgan fingerprint density at radius 3 is 3.08 bits per heavy atom. The number of nitriles is 1. The van der Waals surface area contributed by atoms with Crippen molar-refractivity contribution < 1.29 is 4.79 Å². The molecule has 2 aliphatic heterocycles. The van der Waals surface area contributed by atoms with Gasteiger partial charge in [-0.3, -0.25) is 9.80 Å². The molecule has 1 saturated carbocycles. The molecule has 2 fully saturated rings. The van der Waals surface area contributed by atoms with Gasteiger partial charge in [0, 0.05) is 19.1 Å². The number of carbonyl (C=O) groups excluding carboxylic acids is 1. The molecule has 2 heterocycles. The molecule has 1 aromatic carbocycles. The quantitative estimate of drug-likeness (QED) is 0.745. The van der Waals surface area contributed by atoms with E-state index in [4.69, 9.17) is 5.26 Å². The number of amides is 1. The molecule has 3 atom stereocenters. The Bertz CT molecular complexity index is 702. The minimum absolute atomic E-state index is 0.0665. The van der Waals surface area contributed by atoms with E-state index in [1.165, 1.54) is 5.69 Å². The molecule has 3 N–H and O–H groups in total. The number of hydrogen-bond acceptors (Lipinski definition) is 6. The van der Waals surface area contributed by atoms with Crippen LogP contribution in [-0.4, -0.2) is 42.5 Å². The summed E-state index contributed by atoms with van der Waals surface area (Å²) in [5.74, 6) is 0.665. The van der Waals surface area contributed by atoms with Crippen LogP contribution in [0.3, 0.4) is 0 Å². The largest absolute Gasteiger partial charge is 0.326 e. The fraction of sp³-hybridized carbons (Fsp3) is 0.579. The third-order valence-electron chi connectivity index (χ3n) is 5.77. The van der Waals surface area contributed by atoms with Crippen molar-refractivity contribution >= 4 is 17.3 Å². The van der Waals surface area contributed by atoms with Gasteiger partial charge in [0.1, 0.15) is 6.04 Å². The van der Waals surface area contributed by atoms with Gasteiger partial charge in [-0.05, 0) is 50.2 Å². The van der Waals surface area contributed by atoms with Crippen molar-refractivity contribution in [3.05, 3.63) is 24.3 Å². The first-order valence-corrected chi connectivity index (χ1v) is 9.55. The minimum Gasteiger partial charge on any atom is -0.326 e. The lowest BCUT2D eigenvalue weighted by Crippen LogP contribution is -2.43. The molecule has 0 spiro atoms. The third-order valence-corrected chi connectivity index (χ3v) is 5.77. The van der Waals surface area contributed by atoms with E-state index >= 15 is 0 Å². The number of carbonyl (C=O) groups is 1. The van der Waals surface area contributed by atoms with E-state index < -0.39 is 0 Å². The Balaban J connectivity index is 1.23. The van der Waals surface area contributed by atoms with Crippen LogP contribution in [0.25, 0.3) is 0 Å². The van der Waals surface area contributed by atoms with Crippen molar-refractivity contribution in [2.45, 2.75) is 44.2 Å². The smallest absolute Gasteiger partial charge is 0.237 e. The predicted octanol–water partition coefficient (Wildman–Crippen LogP) is 1.61. The summed E-state index contributed by atoms with van der Waals surface area (Å²) < 4.78 is 0. The molecular formula is C19H26N6O. The Hall–Kier alpha value is -2.30. The maximum atomic E-state index is 12.4. The van der Waals surface area contributed by atoms with Gasteiger partial charge in [-0.15, -0.1) is 5.53 Å². The van der Waals surface area contributed by atoms with E-state index in [1.54, 1.807) is 4.90 Å². The Labute approximate surface area is 154 Å². The lowest BCUT2D eigenvalue weighted by atomic mass is 10.1. The molecule has 7 nitrogen and oxygen atoms in total. The molecule has 26 heavy (non-hydrogen) atoms. The first kappa shape index (κ1) is 17.1. The van der Waals surface area contributed by atoms with E-state index in [0.29, 0.717) is 18.5 Å². The zero-order valence-electron chi connectivity index (χ0n) is 14.9. The number of rotatable bonds is 5. The van der Waals surface area contributed by atoms with E-state index in [-0.39, 0.29) is 11.9 Å². The van der Waals surface area contributed by atoms with Gasteiger partial charge in [-0.1, -0.05) is 12.1 Å². The third kappa shape index (κ3) is 3.48. The van der Waals surface area contributed by atoms with Gasteiger partial charge in [-0.2, -0.15) is 5.26 Å². The van der Waals surface area contributed by atoms with Crippen molar-refractivity contribution in [1.29, 1.82) is 5.26 Å². The van der Waals surface area contributed by atoms with Gasteiger partial charge >= 0.3 is 0 Å². The van der Waals surface area contributed by atoms with Crippen LogP contribution in [-0.2, 0) is 4.79 Å². The molecule has 1 amide bonds. The fourth-order valence-corrected chi connectivity index (χ4v) is 4.36. The number of nitrogens with zero attached hydrogens (tertiary/aromatic N) is 3. The summed E-state index contributed by atoms with van der Waals surface area (Å²) in [6.45, 7) is 2.03. The summed E-state index contributed by atoms with van der Waals surface area (Å²) in [6.07, 6.45) is 5.09. The van der Waals surface area contributed by atoms with Gasteiger partial charge in [0.15, 0.2) is 0 Å². The minimum atomic E-state index is -0.227. The molecule has 1 saturated heterocycles. The number of anilines is 2. The van der Waals surface area contributed by atoms with Gasteiger partial charge in [0.25, 0.3) is 0 Å². The molecule has 4 rings (SSSR count). The van der Waals surface area contributed by atoms with Gasteiger partial charge < -0.3 is 15.6 Å². The summed E-state index contributed by atoms with van der Waals surface area (Å²) >= 11 is 0. The fourth-order valence-electron chi connectivity index (χ4n) is 4.36. The standard InChI is InChI=1S/C19H26N6O/c20-11-16-4-3-9-24(16)19(26)12-21-15-8-7-14(10-15)13-25-18-6-2-1-5-17(18)22-23-25/h1-2,5-6,14-16,21-23H,3-4,7-10,12-13H2/t14-,15+,16-/m0/s1.